The highest BCUT2D eigenvalue weighted by molar-refractivity contribution is 5.97. The van der Waals surface area contributed by atoms with Crippen LogP contribution >= 0.6 is 0 Å². The number of rotatable bonds is 5. The Labute approximate surface area is 120 Å². The molecule has 110 valence electrons. The van der Waals surface area contributed by atoms with Crippen LogP contribution in [0.15, 0.2) is 18.2 Å². The summed E-state index contributed by atoms with van der Waals surface area (Å²) in [6.07, 6.45) is 2.38. The predicted molar refractivity (Wildman–Crippen MR) is 78.7 cm³/mol. The van der Waals surface area contributed by atoms with Crippen LogP contribution in [-0.4, -0.2) is 44.5 Å². The molecule has 1 aromatic rings. The second kappa shape index (κ2) is 6.75. The molecule has 0 amide bonds. The van der Waals surface area contributed by atoms with Gasteiger partial charge in [0.25, 0.3) is 0 Å². The topological polar surface area (TPSA) is 38.8 Å². The minimum Gasteiger partial charge on any atom is -0.493 e. The lowest BCUT2D eigenvalue weighted by Gasteiger charge is -2.29. The number of likely N-dealkylation sites (tertiary alicyclic amines) is 1. The number of methoxy groups -OCH3 is 1. The summed E-state index contributed by atoms with van der Waals surface area (Å²) in [4.78, 5) is 14.0. The van der Waals surface area contributed by atoms with E-state index in [2.05, 4.69) is 11.9 Å². The molecule has 0 spiro atoms. The van der Waals surface area contributed by atoms with Gasteiger partial charge in [0.15, 0.2) is 17.3 Å². The summed E-state index contributed by atoms with van der Waals surface area (Å²) in [5.74, 6) is 1.72. The zero-order chi connectivity index (χ0) is 14.5. The molecule has 0 N–H and O–H groups in total. The van der Waals surface area contributed by atoms with E-state index in [0.29, 0.717) is 29.6 Å². The number of hydrogen-bond acceptors (Lipinski definition) is 4. The maximum atomic E-state index is 11.7. The van der Waals surface area contributed by atoms with Gasteiger partial charge in [-0.3, -0.25) is 4.79 Å². The maximum Gasteiger partial charge on any atom is 0.171 e. The molecule has 2 rings (SSSR count). The van der Waals surface area contributed by atoms with Crippen LogP contribution in [0.4, 0.5) is 0 Å². The van der Waals surface area contributed by atoms with Crippen LogP contribution in [0.25, 0.3) is 0 Å². The van der Waals surface area contributed by atoms with Gasteiger partial charge in [0, 0.05) is 12.5 Å². The molecule has 4 nitrogen and oxygen atoms in total. The second-order valence-electron chi connectivity index (χ2n) is 5.47. The van der Waals surface area contributed by atoms with E-state index in [1.165, 1.54) is 12.8 Å². The van der Waals surface area contributed by atoms with Crippen molar-refractivity contribution in [2.75, 3.05) is 33.9 Å². The van der Waals surface area contributed by atoms with Crippen LogP contribution in [-0.2, 0) is 0 Å². The summed E-state index contributed by atoms with van der Waals surface area (Å²) in [6.45, 7) is 4.38. The first-order chi connectivity index (χ1) is 9.61. The fourth-order valence-electron chi connectivity index (χ4n) is 2.71. The summed E-state index contributed by atoms with van der Waals surface area (Å²) in [5, 5.41) is 0. The SMILES string of the molecule is COc1cccc(C(C)=O)c1OCC1CCCN(C)C1. The number of ether oxygens (including phenoxy) is 2. The molecular formula is C16H23NO3. The van der Waals surface area contributed by atoms with Gasteiger partial charge < -0.3 is 14.4 Å². The van der Waals surface area contributed by atoms with Crippen LogP contribution in [0.3, 0.4) is 0 Å². The lowest BCUT2D eigenvalue weighted by Crippen LogP contribution is -2.34. The van der Waals surface area contributed by atoms with E-state index in [0.717, 1.165) is 13.1 Å². The van der Waals surface area contributed by atoms with Gasteiger partial charge in [-0.05, 0) is 45.5 Å². The molecule has 4 heteroatoms. The third-order valence-electron chi connectivity index (χ3n) is 3.76. The highest BCUT2D eigenvalue weighted by atomic mass is 16.5. The molecule has 1 saturated heterocycles. The van der Waals surface area contributed by atoms with Crippen molar-refractivity contribution < 1.29 is 14.3 Å². The standard InChI is InChI=1S/C16H23NO3/c1-12(18)14-7-4-8-15(19-3)16(14)20-11-13-6-5-9-17(2)10-13/h4,7-8,13H,5-6,9-11H2,1-3H3. The van der Waals surface area contributed by atoms with Crippen LogP contribution in [0.5, 0.6) is 11.5 Å². The number of carbonyl (C=O) groups is 1. The Morgan fingerprint density at radius 3 is 2.90 bits per heavy atom. The molecule has 0 radical (unpaired) electrons. The van der Waals surface area contributed by atoms with E-state index in [9.17, 15) is 4.79 Å². The second-order valence-corrected chi connectivity index (χ2v) is 5.47. The summed E-state index contributed by atoms with van der Waals surface area (Å²) in [7, 11) is 3.73. The van der Waals surface area contributed by atoms with E-state index in [-0.39, 0.29) is 5.78 Å². The minimum atomic E-state index is -0.000313. The number of para-hydroxylation sites is 1. The number of Topliss-reactive ketones (excluding diaryl/α,β-unsaturated/α-hetero) is 1. The van der Waals surface area contributed by atoms with E-state index in [4.69, 9.17) is 9.47 Å². The summed E-state index contributed by atoms with van der Waals surface area (Å²) in [5.41, 5.74) is 0.591. The Bertz CT molecular complexity index is 473. The van der Waals surface area contributed by atoms with Crippen molar-refractivity contribution in [3.63, 3.8) is 0 Å². The summed E-state index contributed by atoms with van der Waals surface area (Å²) in [6, 6.07) is 5.43. The Balaban J connectivity index is 2.09. The number of benzene rings is 1. The van der Waals surface area contributed by atoms with Crippen LogP contribution in [0.1, 0.15) is 30.1 Å². The molecule has 1 aliphatic heterocycles. The normalized spacial score (nSPS) is 19.6. The molecule has 1 atom stereocenters. The Hall–Kier alpha value is -1.55. The van der Waals surface area contributed by atoms with Gasteiger partial charge >= 0.3 is 0 Å². The summed E-state index contributed by atoms with van der Waals surface area (Å²) < 4.78 is 11.2. The number of hydrogen-bond donors (Lipinski definition) is 0. The number of ketones is 1. The molecular weight excluding hydrogens is 254 g/mol. The van der Waals surface area contributed by atoms with E-state index in [1.807, 2.05) is 12.1 Å². The number of piperidine rings is 1. The molecule has 1 aromatic carbocycles. The van der Waals surface area contributed by atoms with E-state index >= 15 is 0 Å². The van der Waals surface area contributed by atoms with E-state index < -0.39 is 0 Å². The molecule has 1 unspecified atom stereocenters. The molecule has 1 heterocycles. The van der Waals surface area contributed by atoms with Crippen LogP contribution in [0, 0.1) is 5.92 Å². The highest BCUT2D eigenvalue weighted by Crippen LogP contribution is 2.32. The van der Waals surface area contributed by atoms with Crippen molar-refractivity contribution in [1.29, 1.82) is 0 Å². The van der Waals surface area contributed by atoms with Gasteiger partial charge in [0.05, 0.1) is 19.3 Å². The monoisotopic (exact) mass is 277 g/mol. The number of nitrogens with zero attached hydrogens (tertiary/aromatic N) is 1. The predicted octanol–water partition coefficient (Wildman–Crippen LogP) is 2.62. The molecule has 1 aliphatic rings. The Kier molecular flexibility index (Phi) is 5.01. The molecule has 1 fully saturated rings. The van der Waals surface area contributed by atoms with Gasteiger partial charge in [-0.2, -0.15) is 0 Å². The quantitative estimate of drug-likeness (QED) is 0.776. The van der Waals surface area contributed by atoms with Gasteiger partial charge in [-0.25, -0.2) is 0 Å². The minimum absolute atomic E-state index is 0.000313. The Morgan fingerprint density at radius 2 is 2.25 bits per heavy atom. The smallest absolute Gasteiger partial charge is 0.171 e. The van der Waals surface area contributed by atoms with Gasteiger partial charge in [0.1, 0.15) is 0 Å². The average molecular weight is 277 g/mol. The van der Waals surface area contributed by atoms with Crippen molar-refractivity contribution in [3.05, 3.63) is 23.8 Å². The fourth-order valence-corrected chi connectivity index (χ4v) is 2.71. The molecule has 0 aliphatic carbocycles. The molecule has 0 bridgehead atoms. The van der Waals surface area contributed by atoms with Gasteiger partial charge in [-0.1, -0.05) is 6.07 Å². The first kappa shape index (κ1) is 14.9. The maximum absolute atomic E-state index is 11.7. The lowest BCUT2D eigenvalue weighted by atomic mass is 9.99. The van der Waals surface area contributed by atoms with Crippen molar-refractivity contribution >= 4 is 5.78 Å². The summed E-state index contributed by atoms with van der Waals surface area (Å²) >= 11 is 0. The van der Waals surface area contributed by atoms with Crippen molar-refractivity contribution in [1.82, 2.24) is 4.90 Å². The fraction of sp³-hybridized carbons (Fsp3) is 0.562. The first-order valence-corrected chi connectivity index (χ1v) is 7.11. The first-order valence-electron chi connectivity index (χ1n) is 7.11. The molecule has 20 heavy (non-hydrogen) atoms. The molecule has 0 aromatic heterocycles. The van der Waals surface area contributed by atoms with Crippen molar-refractivity contribution in [2.24, 2.45) is 5.92 Å². The van der Waals surface area contributed by atoms with E-state index in [1.54, 1.807) is 20.1 Å². The lowest BCUT2D eigenvalue weighted by molar-refractivity contribution is 0.100. The third kappa shape index (κ3) is 3.51. The van der Waals surface area contributed by atoms with Gasteiger partial charge in [-0.15, -0.1) is 0 Å². The zero-order valence-electron chi connectivity index (χ0n) is 12.5. The Morgan fingerprint density at radius 1 is 1.45 bits per heavy atom. The third-order valence-corrected chi connectivity index (χ3v) is 3.76. The van der Waals surface area contributed by atoms with Gasteiger partial charge in [0.2, 0.25) is 0 Å². The average Bonchev–Trinajstić information content (AvgIpc) is 2.44. The van der Waals surface area contributed by atoms with Crippen LogP contribution < -0.4 is 9.47 Å². The number of carbonyl (C=O) groups excluding carboxylic acids is 1. The van der Waals surface area contributed by atoms with Crippen molar-refractivity contribution in [2.45, 2.75) is 19.8 Å². The molecule has 0 saturated carbocycles. The highest BCUT2D eigenvalue weighted by Gasteiger charge is 2.20. The zero-order valence-corrected chi connectivity index (χ0v) is 12.5. The largest absolute Gasteiger partial charge is 0.493 e. The van der Waals surface area contributed by atoms with Crippen molar-refractivity contribution in [3.8, 4) is 11.5 Å². The van der Waals surface area contributed by atoms with Crippen LogP contribution in [0.2, 0.25) is 0 Å².